The third kappa shape index (κ3) is 3.15. The Labute approximate surface area is 172 Å². The summed E-state index contributed by atoms with van der Waals surface area (Å²) in [5.41, 5.74) is 7.78. The maximum atomic E-state index is 5.66. The summed E-state index contributed by atoms with van der Waals surface area (Å²) in [5, 5.41) is 2.26. The molecule has 0 bridgehead atoms. The number of benzene rings is 1. The highest BCUT2D eigenvalue weighted by molar-refractivity contribution is 7.98. The number of hydrogen-bond donors (Lipinski definition) is 1. The summed E-state index contributed by atoms with van der Waals surface area (Å²) < 4.78 is 2.16. The number of likely N-dealkylation sites (tertiary alicyclic amines) is 1. The summed E-state index contributed by atoms with van der Waals surface area (Å²) in [5.74, 6) is 0.646. The van der Waals surface area contributed by atoms with E-state index in [4.69, 9.17) is 12.2 Å². The van der Waals surface area contributed by atoms with Crippen molar-refractivity contribution in [2.45, 2.75) is 50.0 Å². The number of piperidine rings is 1. The fourth-order valence-electron chi connectivity index (χ4n) is 4.98. The maximum absolute atomic E-state index is 5.66. The molecule has 1 aliphatic heterocycles. The molecule has 0 radical (unpaired) electrons. The highest BCUT2D eigenvalue weighted by Crippen LogP contribution is 2.47. The standard InChI is InChI=1S/C21H30N4S2/c1-5-24(6-2)21(26)22-25-13-14-12-17-15(8-7-11-23(17)3)20-18(27-4)10-9-16(25)19(14)20/h9-10,13,15,17H,5-8,11-12H2,1-4H3,(H,22,26)/t15-,17+/m0/s1. The molecule has 1 N–H and O–H groups in total. The average molecular weight is 403 g/mol. The van der Waals surface area contributed by atoms with Crippen LogP contribution in [0.25, 0.3) is 10.9 Å². The van der Waals surface area contributed by atoms with Gasteiger partial charge in [0, 0.05) is 41.5 Å². The third-order valence-electron chi connectivity index (χ3n) is 6.39. The predicted octanol–water partition coefficient (Wildman–Crippen LogP) is 4.27. The number of fused-ring (bicyclic) bond motifs is 2. The number of aromatic nitrogens is 1. The minimum absolute atomic E-state index is 0.619. The second kappa shape index (κ2) is 7.64. The second-order valence-electron chi connectivity index (χ2n) is 7.69. The van der Waals surface area contributed by atoms with Crippen molar-refractivity contribution >= 4 is 40.0 Å². The Bertz CT molecular complexity index is 855. The molecular formula is C21H30N4S2. The molecule has 2 aromatic rings. The van der Waals surface area contributed by atoms with E-state index in [2.05, 4.69) is 65.4 Å². The molecule has 2 atom stereocenters. The number of nitrogens with one attached hydrogen (secondary N) is 1. The molecule has 27 heavy (non-hydrogen) atoms. The lowest BCUT2D eigenvalue weighted by molar-refractivity contribution is 0.156. The van der Waals surface area contributed by atoms with E-state index in [0.29, 0.717) is 12.0 Å². The number of rotatable bonds is 4. The molecule has 146 valence electrons. The van der Waals surface area contributed by atoms with Crippen LogP contribution in [0.15, 0.2) is 23.2 Å². The zero-order valence-corrected chi connectivity index (χ0v) is 18.4. The Morgan fingerprint density at radius 1 is 1.33 bits per heavy atom. The zero-order valence-electron chi connectivity index (χ0n) is 16.8. The molecule has 0 amide bonds. The van der Waals surface area contributed by atoms with Crippen LogP contribution in [0.5, 0.6) is 0 Å². The Morgan fingerprint density at radius 2 is 2.11 bits per heavy atom. The fraction of sp³-hybridized carbons (Fsp3) is 0.571. The number of thioether (sulfide) groups is 1. The Balaban J connectivity index is 1.81. The van der Waals surface area contributed by atoms with Crippen LogP contribution in [0.1, 0.15) is 43.7 Å². The lowest BCUT2D eigenvalue weighted by Crippen LogP contribution is -2.44. The van der Waals surface area contributed by atoms with Crippen molar-refractivity contribution in [1.82, 2.24) is 14.5 Å². The van der Waals surface area contributed by atoms with Crippen molar-refractivity contribution in [1.29, 1.82) is 0 Å². The normalized spacial score (nSPS) is 21.9. The average Bonchev–Trinajstić information content (AvgIpc) is 3.02. The highest BCUT2D eigenvalue weighted by atomic mass is 32.2. The molecular weight excluding hydrogens is 372 g/mol. The van der Waals surface area contributed by atoms with Crippen LogP contribution >= 0.6 is 24.0 Å². The molecule has 1 fully saturated rings. The number of nitrogens with zero attached hydrogens (tertiary/aromatic N) is 3. The van der Waals surface area contributed by atoms with E-state index in [1.165, 1.54) is 40.7 Å². The molecule has 1 aromatic carbocycles. The van der Waals surface area contributed by atoms with Crippen LogP contribution in [0.3, 0.4) is 0 Å². The summed E-state index contributed by atoms with van der Waals surface area (Å²) >= 11 is 7.55. The van der Waals surface area contributed by atoms with Crippen molar-refractivity contribution in [3.8, 4) is 0 Å². The second-order valence-corrected chi connectivity index (χ2v) is 8.92. The molecule has 0 spiro atoms. The maximum Gasteiger partial charge on any atom is 0.188 e. The molecule has 6 heteroatoms. The van der Waals surface area contributed by atoms with E-state index < -0.39 is 0 Å². The first kappa shape index (κ1) is 19.1. The summed E-state index contributed by atoms with van der Waals surface area (Å²) in [6.07, 6.45) is 8.22. The van der Waals surface area contributed by atoms with Crippen LogP contribution in [0.2, 0.25) is 0 Å². The van der Waals surface area contributed by atoms with E-state index in [-0.39, 0.29) is 0 Å². The van der Waals surface area contributed by atoms with Crippen LogP contribution in [-0.4, -0.2) is 58.6 Å². The van der Waals surface area contributed by atoms with E-state index in [1.807, 2.05) is 11.8 Å². The number of likely N-dealkylation sites (N-methyl/N-ethyl adjacent to an activating group) is 1. The van der Waals surface area contributed by atoms with Gasteiger partial charge in [0.15, 0.2) is 5.11 Å². The molecule has 1 aromatic heterocycles. The topological polar surface area (TPSA) is 23.4 Å². The SMILES string of the molecule is CCN(CC)C(=S)Nn1cc2c3c(c(SC)ccc31)[C@H]1CCCN(C)[C@@H]1C2. The number of thiocarbonyl (C=S) groups is 1. The molecule has 0 saturated carbocycles. The Morgan fingerprint density at radius 3 is 2.81 bits per heavy atom. The molecule has 4 nitrogen and oxygen atoms in total. The molecule has 2 aliphatic rings. The minimum atomic E-state index is 0.619. The van der Waals surface area contributed by atoms with Crippen molar-refractivity contribution in [2.24, 2.45) is 0 Å². The Kier molecular flexibility index (Phi) is 5.41. The van der Waals surface area contributed by atoms with E-state index in [9.17, 15) is 0 Å². The molecule has 2 heterocycles. The molecule has 1 saturated heterocycles. The summed E-state index contributed by atoms with van der Waals surface area (Å²) in [6.45, 7) is 7.35. The van der Waals surface area contributed by atoms with E-state index in [1.54, 1.807) is 5.56 Å². The van der Waals surface area contributed by atoms with Gasteiger partial charge in [0.05, 0.1) is 5.52 Å². The summed E-state index contributed by atoms with van der Waals surface area (Å²) in [7, 11) is 2.30. The van der Waals surface area contributed by atoms with Crippen molar-refractivity contribution in [3.05, 3.63) is 29.5 Å². The smallest absolute Gasteiger partial charge is 0.188 e. The lowest BCUT2D eigenvalue weighted by atomic mass is 9.75. The van der Waals surface area contributed by atoms with Crippen LogP contribution in [0, 0.1) is 0 Å². The van der Waals surface area contributed by atoms with Gasteiger partial charge in [0.1, 0.15) is 0 Å². The van der Waals surface area contributed by atoms with Crippen LogP contribution in [0.4, 0.5) is 0 Å². The van der Waals surface area contributed by atoms with Gasteiger partial charge < -0.3 is 9.80 Å². The quantitative estimate of drug-likeness (QED) is 0.608. The zero-order chi connectivity index (χ0) is 19.1. The van der Waals surface area contributed by atoms with Gasteiger partial charge in [0.25, 0.3) is 0 Å². The van der Waals surface area contributed by atoms with E-state index >= 15 is 0 Å². The first-order valence-electron chi connectivity index (χ1n) is 10.1. The number of hydrogen-bond acceptors (Lipinski definition) is 3. The highest BCUT2D eigenvalue weighted by Gasteiger charge is 2.38. The monoisotopic (exact) mass is 402 g/mol. The third-order valence-corrected chi connectivity index (χ3v) is 7.54. The van der Waals surface area contributed by atoms with E-state index in [0.717, 1.165) is 24.6 Å². The first-order valence-corrected chi connectivity index (χ1v) is 11.7. The van der Waals surface area contributed by atoms with Crippen molar-refractivity contribution < 1.29 is 0 Å². The minimum Gasteiger partial charge on any atom is -0.348 e. The van der Waals surface area contributed by atoms with Gasteiger partial charge >= 0.3 is 0 Å². The van der Waals surface area contributed by atoms with Gasteiger partial charge in [-0.1, -0.05) is 0 Å². The van der Waals surface area contributed by atoms with Gasteiger partial charge in [-0.25, -0.2) is 0 Å². The van der Waals surface area contributed by atoms with Gasteiger partial charge in [-0.3, -0.25) is 10.1 Å². The van der Waals surface area contributed by atoms with Crippen molar-refractivity contribution in [3.63, 3.8) is 0 Å². The summed E-state index contributed by atoms with van der Waals surface area (Å²) in [6, 6.07) is 5.19. The van der Waals surface area contributed by atoms with Gasteiger partial charge in [-0.15, -0.1) is 11.8 Å². The van der Waals surface area contributed by atoms with Gasteiger partial charge in [-0.2, -0.15) is 0 Å². The first-order chi connectivity index (χ1) is 13.1. The summed E-state index contributed by atoms with van der Waals surface area (Å²) in [4.78, 5) is 6.20. The fourth-order valence-corrected chi connectivity index (χ4v) is 6.02. The van der Waals surface area contributed by atoms with Crippen LogP contribution < -0.4 is 5.43 Å². The molecule has 0 unspecified atom stereocenters. The van der Waals surface area contributed by atoms with Crippen molar-refractivity contribution in [2.75, 3.05) is 38.4 Å². The Hall–Kier alpha value is -1.24. The molecule has 1 aliphatic carbocycles. The van der Waals surface area contributed by atoms with Gasteiger partial charge in [-0.05, 0) is 88.4 Å². The molecule has 4 rings (SSSR count). The largest absolute Gasteiger partial charge is 0.348 e. The van der Waals surface area contributed by atoms with Crippen LogP contribution in [-0.2, 0) is 6.42 Å². The lowest BCUT2D eigenvalue weighted by Gasteiger charge is -2.42. The van der Waals surface area contributed by atoms with Gasteiger partial charge in [0.2, 0.25) is 0 Å². The predicted molar refractivity (Wildman–Crippen MR) is 121 cm³/mol.